The van der Waals surface area contributed by atoms with Gasteiger partial charge in [-0.3, -0.25) is 4.90 Å². The average Bonchev–Trinajstić information content (AvgIpc) is 2.33. The van der Waals surface area contributed by atoms with Crippen LogP contribution in [0, 0.1) is 11.3 Å². The highest BCUT2D eigenvalue weighted by atomic mass is 16.6. The van der Waals surface area contributed by atoms with Gasteiger partial charge in [0, 0.05) is 32.7 Å². The summed E-state index contributed by atoms with van der Waals surface area (Å²) in [5.41, 5.74) is -0.489. The number of nitriles is 1. The van der Waals surface area contributed by atoms with Crippen LogP contribution >= 0.6 is 0 Å². The summed E-state index contributed by atoms with van der Waals surface area (Å²) in [6.45, 7) is 9.52. The van der Waals surface area contributed by atoms with Gasteiger partial charge in [-0.2, -0.15) is 5.26 Å². The van der Waals surface area contributed by atoms with Crippen LogP contribution in [0.3, 0.4) is 0 Å². The Morgan fingerprint density at radius 3 is 2.63 bits per heavy atom. The second-order valence-corrected chi connectivity index (χ2v) is 5.65. The van der Waals surface area contributed by atoms with Crippen molar-refractivity contribution in [3.05, 3.63) is 0 Å². The maximum atomic E-state index is 11.5. The molecule has 1 amide bonds. The van der Waals surface area contributed by atoms with E-state index >= 15 is 0 Å². The molecule has 108 valence electrons. The van der Waals surface area contributed by atoms with Gasteiger partial charge in [-0.15, -0.1) is 0 Å². The number of nitrogens with one attached hydrogen (secondary N) is 2. The molecule has 0 radical (unpaired) electrons. The van der Waals surface area contributed by atoms with Crippen molar-refractivity contribution in [3.63, 3.8) is 0 Å². The summed E-state index contributed by atoms with van der Waals surface area (Å²) >= 11 is 0. The molecule has 0 aromatic rings. The van der Waals surface area contributed by atoms with Crippen LogP contribution in [0.2, 0.25) is 0 Å². The zero-order chi connectivity index (χ0) is 14.3. The standard InChI is InChI=1S/C13H24N4O2/c1-13(2,3)19-12(18)16-5-4-11(10-14)17-8-6-15-7-9-17/h11,15H,4-9H2,1-3H3,(H,16,18). The summed E-state index contributed by atoms with van der Waals surface area (Å²) in [5, 5.41) is 15.1. The number of hydrogen-bond donors (Lipinski definition) is 2. The largest absolute Gasteiger partial charge is 0.444 e. The van der Waals surface area contributed by atoms with E-state index in [0.717, 1.165) is 26.2 Å². The van der Waals surface area contributed by atoms with Crippen molar-refractivity contribution in [1.29, 1.82) is 5.26 Å². The molecule has 0 aromatic carbocycles. The number of piperazine rings is 1. The highest BCUT2D eigenvalue weighted by molar-refractivity contribution is 5.67. The number of rotatable bonds is 4. The van der Waals surface area contributed by atoms with Gasteiger partial charge in [-0.1, -0.05) is 0 Å². The number of alkyl carbamates (subject to hydrolysis) is 1. The number of hydrogen-bond acceptors (Lipinski definition) is 5. The van der Waals surface area contributed by atoms with Gasteiger partial charge in [-0.05, 0) is 27.2 Å². The van der Waals surface area contributed by atoms with Crippen LogP contribution in [-0.4, -0.2) is 55.4 Å². The predicted molar refractivity (Wildman–Crippen MR) is 72.7 cm³/mol. The summed E-state index contributed by atoms with van der Waals surface area (Å²) in [7, 11) is 0. The molecule has 1 saturated heterocycles. The molecule has 0 aliphatic carbocycles. The predicted octanol–water partition coefficient (Wildman–Crippen LogP) is 0.699. The summed E-state index contributed by atoms with van der Waals surface area (Å²) in [4.78, 5) is 13.6. The lowest BCUT2D eigenvalue weighted by Gasteiger charge is -2.31. The van der Waals surface area contributed by atoms with Crippen molar-refractivity contribution in [2.24, 2.45) is 0 Å². The van der Waals surface area contributed by atoms with Gasteiger partial charge >= 0.3 is 6.09 Å². The lowest BCUT2D eigenvalue weighted by atomic mass is 10.1. The van der Waals surface area contributed by atoms with Crippen molar-refractivity contribution < 1.29 is 9.53 Å². The third-order valence-electron chi connectivity index (χ3n) is 2.83. The normalized spacial score (nSPS) is 18.4. The maximum absolute atomic E-state index is 11.5. The monoisotopic (exact) mass is 268 g/mol. The molecule has 1 atom stereocenters. The summed E-state index contributed by atoms with van der Waals surface area (Å²) in [6.07, 6.45) is 0.194. The van der Waals surface area contributed by atoms with Gasteiger partial charge in [0.1, 0.15) is 5.60 Å². The van der Waals surface area contributed by atoms with Crippen LogP contribution < -0.4 is 10.6 Å². The minimum Gasteiger partial charge on any atom is -0.444 e. The maximum Gasteiger partial charge on any atom is 0.407 e. The molecule has 1 rings (SSSR count). The van der Waals surface area contributed by atoms with Crippen LogP contribution in [0.1, 0.15) is 27.2 Å². The second kappa shape index (κ2) is 7.31. The molecule has 1 fully saturated rings. The second-order valence-electron chi connectivity index (χ2n) is 5.65. The molecule has 2 N–H and O–H groups in total. The zero-order valence-corrected chi connectivity index (χ0v) is 12.0. The van der Waals surface area contributed by atoms with Crippen LogP contribution in [-0.2, 0) is 4.74 Å². The van der Waals surface area contributed by atoms with Crippen molar-refractivity contribution in [3.8, 4) is 6.07 Å². The molecule has 19 heavy (non-hydrogen) atoms. The first kappa shape index (κ1) is 15.7. The Bertz CT molecular complexity index is 327. The van der Waals surface area contributed by atoms with Crippen LogP contribution in [0.25, 0.3) is 0 Å². The van der Waals surface area contributed by atoms with Gasteiger partial charge in [-0.25, -0.2) is 4.79 Å². The highest BCUT2D eigenvalue weighted by Gasteiger charge is 2.20. The quantitative estimate of drug-likeness (QED) is 0.785. The molecule has 0 spiro atoms. The van der Waals surface area contributed by atoms with Gasteiger partial charge in [0.2, 0.25) is 0 Å². The molecule has 1 aliphatic rings. The van der Waals surface area contributed by atoms with Crippen molar-refractivity contribution >= 4 is 6.09 Å². The van der Waals surface area contributed by atoms with Gasteiger partial charge in [0.15, 0.2) is 0 Å². The van der Waals surface area contributed by atoms with Crippen molar-refractivity contribution in [1.82, 2.24) is 15.5 Å². The molecule has 6 heteroatoms. The Hall–Kier alpha value is -1.32. The Labute approximate surface area is 115 Å². The minimum atomic E-state index is -0.489. The molecule has 0 bridgehead atoms. The number of carbonyl (C=O) groups is 1. The Morgan fingerprint density at radius 2 is 2.11 bits per heavy atom. The number of carbonyl (C=O) groups excluding carboxylic acids is 1. The van der Waals surface area contributed by atoms with Crippen LogP contribution in [0.4, 0.5) is 4.79 Å². The van der Waals surface area contributed by atoms with E-state index in [1.807, 2.05) is 20.8 Å². The Balaban J connectivity index is 2.26. The van der Waals surface area contributed by atoms with E-state index in [9.17, 15) is 10.1 Å². The molecule has 0 aromatic heterocycles. The third-order valence-corrected chi connectivity index (χ3v) is 2.83. The van der Waals surface area contributed by atoms with Gasteiger partial charge < -0.3 is 15.4 Å². The number of amides is 1. The first-order chi connectivity index (χ1) is 8.92. The summed E-state index contributed by atoms with van der Waals surface area (Å²) < 4.78 is 5.14. The van der Waals surface area contributed by atoms with E-state index < -0.39 is 11.7 Å². The average molecular weight is 268 g/mol. The molecule has 1 unspecified atom stereocenters. The Morgan fingerprint density at radius 1 is 1.47 bits per heavy atom. The SMILES string of the molecule is CC(C)(C)OC(=O)NCCC(C#N)N1CCNCC1. The van der Waals surface area contributed by atoms with E-state index in [-0.39, 0.29) is 6.04 Å². The lowest BCUT2D eigenvalue weighted by Crippen LogP contribution is -2.48. The van der Waals surface area contributed by atoms with E-state index in [2.05, 4.69) is 21.6 Å². The van der Waals surface area contributed by atoms with Gasteiger partial charge in [0.05, 0.1) is 12.1 Å². The minimum absolute atomic E-state index is 0.142. The Kier molecular flexibility index (Phi) is 6.06. The summed E-state index contributed by atoms with van der Waals surface area (Å²) in [6, 6.07) is 2.16. The van der Waals surface area contributed by atoms with E-state index in [1.54, 1.807) is 0 Å². The lowest BCUT2D eigenvalue weighted by molar-refractivity contribution is 0.0523. The van der Waals surface area contributed by atoms with Crippen LogP contribution in [0.15, 0.2) is 0 Å². The van der Waals surface area contributed by atoms with E-state index in [4.69, 9.17) is 4.74 Å². The fourth-order valence-corrected chi connectivity index (χ4v) is 1.95. The van der Waals surface area contributed by atoms with E-state index in [0.29, 0.717) is 13.0 Å². The molecule has 1 heterocycles. The third kappa shape index (κ3) is 6.41. The van der Waals surface area contributed by atoms with Crippen molar-refractivity contribution in [2.45, 2.75) is 38.8 Å². The topological polar surface area (TPSA) is 77.4 Å². The molecule has 6 nitrogen and oxygen atoms in total. The van der Waals surface area contributed by atoms with Crippen LogP contribution in [0.5, 0.6) is 0 Å². The molecular formula is C13H24N4O2. The first-order valence-corrected chi connectivity index (χ1v) is 6.73. The first-order valence-electron chi connectivity index (χ1n) is 6.73. The molecule has 0 saturated carbocycles. The summed E-state index contributed by atoms with van der Waals surface area (Å²) in [5.74, 6) is 0. The molecule has 1 aliphatic heterocycles. The number of ether oxygens (including phenoxy) is 1. The van der Waals surface area contributed by atoms with Crippen molar-refractivity contribution in [2.75, 3.05) is 32.7 Å². The van der Waals surface area contributed by atoms with E-state index in [1.165, 1.54) is 0 Å². The number of nitrogens with zero attached hydrogens (tertiary/aromatic N) is 2. The fraction of sp³-hybridized carbons (Fsp3) is 0.846. The smallest absolute Gasteiger partial charge is 0.407 e. The molecular weight excluding hydrogens is 244 g/mol. The zero-order valence-electron chi connectivity index (χ0n) is 12.0. The van der Waals surface area contributed by atoms with Gasteiger partial charge in [0.25, 0.3) is 0 Å². The fourth-order valence-electron chi connectivity index (χ4n) is 1.95. The highest BCUT2D eigenvalue weighted by Crippen LogP contribution is 2.07.